The highest BCUT2D eigenvalue weighted by molar-refractivity contribution is 9.10. The Labute approximate surface area is 141 Å². The van der Waals surface area contributed by atoms with Gasteiger partial charge >= 0.3 is 0 Å². The molecule has 1 aromatic rings. The van der Waals surface area contributed by atoms with Gasteiger partial charge in [0.1, 0.15) is 0 Å². The second-order valence-corrected chi connectivity index (χ2v) is 6.73. The lowest BCUT2D eigenvalue weighted by Gasteiger charge is -2.33. The Hall–Kier alpha value is -1.13. The summed E-state index contributed by atoms with van der Waals surface area (Å²) in [5.41, 5.74) is 1.01. The van der Waals surface area contributed by atoms with Crippen molar-refractivity contribution in [3.05, 3.63) is 40.4 Å². The molecule has 1 aliphatic heterocycles. The van der Waals surface area contributed by atoms with Crippen LogP contribution in [-0.4, -0.2) is 36.5 Å². The van der Waals surface area contributed by atoms with Gasteiger partial charge in [-0.15, -0.1) is 0 Å². The molecule has 2 rings (SSSR count). The molecule has 0 bridgehead atoms. The number of carbonyl (C=O) groups excluding carboxylic acids is 1. The zero-order valence-corrected chi connectivity index (χ0v) is 14.8. The van der Waals surface area contributed by atoms with Crippen molar-refractivity contribution < 1.29 is 4.79 Å². The van der Waals surface area contributed by atoms with E-state index in [1.54, 1.807) is 6.08 Å². The van der Waals surface area contributed by atoms with Gasteiger partial charge in [0.25, 0.3) is 0 Å². The number of amides is 1. The smallest absolute Gasteiger partial charge is 0.244 e. The highest BCUT2D eigenvalue weighted by Gasteiger charge is 2.16. The number of benzene rings is 1. The number of nitrogens with one attached hydrogen (secondary N) is 1. The summed E-state index contributed by atoms with van der Waals surface area (Å²) in [6.07, 6.45) is 8.43. The summed E-state index contributed by atoms with van der Waals surface area (Å²) in [4.78, 5) is 14.4. The predicted molar refractivity (Wildman–Crippen MR) is 95.7 cm³/mol. The maximum absolute atomic E-state index is 11.8. The van der Waals surface area contributed by atoms with Gasteiger partial charge in [0.05, 0.1) is 0 Å². The molecule has 0 spiro atoms. The summed E-state index contributed by atoms with van der Waals surface area (Å²) in [6.45, 7) is 5.33. The minimum absolute atomic E-state index is 0.0255. The fourth-order valence-corrected chi connectivity index (χ4v) is 3.24. The van der Waals surface area contributed by atoms with Gasteiger partial charge in [0.2, 0.25) is 5.91 Å². The van der Waals surface area contributed by atoms with Gasteiger partial charge in [-0.3, -0.25) is 4.79 Å². The van der Waals surface area contributed by atoms with E-state index in [-0.39, 0.29) is 5.91 Å². The van der Waals surface area contributed by atoms with Gasteiger partial charge in [0, 0.05) is 29.7 Å². The van der Waals surface area contributed by atoms with Crippen molar-refractivity contribution in [2.24, 2.45) is 0 Å². The third-order valence-electron chi connectivity index (χ3n) is 4.18. The number of piperidine rings is 1. The Morgan fingerprint density at radius 3 is 3.00 bits per heavy atom. The van der Waals surface area contributed by atoms with Crippen LogP contribution < -0.4 is 5.32 Å². The third-order valence-corrected chi connectivity index (χ3v) is 4.90. The van der Waals surface area contributed by atoms with Crippen LogP contribution >= 0.6 is 15.9 Å². The Bertz CT molecular complexity index is 516. The molecule has 1 saturated heterocycles. The van der Waals surface area contributed by atoms with Crippen LogP contribution in [0.4, 0.5) is 0 Å². The highest BCUT2D eigenvalue weighted by atomic mass is 79.9. The van der Waals surface area contributed by atoms with Gasteiger partial charge in [-0.1, -0.05) is 40.5 Å². The first-order valence-electron chi connectivity index (χ1n) is 8.11. The molecule has 0 unspecified atom stereocenters. The Kier molecular flexibility index (Phi) is 7.13. The van der Waals surface area contributed by atoms with E-state index in [4.69, 9.17) is 0 Å². The molecule has 0 aromatic heterocycles. The number of carbonyl (C=O) groups is 1. The third kappa shape index (κ3) is 5.58. The lowest BCUT2D eigenvalue weighted by Crippen LogP contribution is -2.39. The molecule has 120 valence electrons. The van der Waals surface area contributed by atoms with E-state index >= 15 is 0 Å². The van der Waals surface area contributed by atoms with Crippen LogP contribution in [0.1, 0.15) is 38.2 Å². The second kappa shape index (κ2) is 9.11. The molecule has 1 N–H and O–H groups in total. The van der Waals surface area contributed by atoms with Crippen molar-refractivity contribution in [1.29, 1.82) is 0 Å². The lowest BCUT2D eigenvalue weighted by molar-refractivity contribution is -0.116. The molecule has 1 atom stereocenters. The van der Waals surface area contributed by atoms with Crippen LogP contribution in [0.2, 0.25) is 0 Å². The van der Waals surface area contributed by atoms with Crippen molar-refractivity contribution in [3.8, 4) is 0 Å². The molecular weight excluding hydrogens is 340 g/mol. The first-order valence-corrected chi connectivity index (χ1v) is 8.90. The molecular formula is C18H25BrN2O. The van der Waals surface area contributed by atoms with Gasteiger partial charge in [-0.05, 0) is 50.4 Å². The second-order valence-electron chi connectivity index (χ2n) is 5.88. The average Bonchev–Trinajstić information content (AvgIpc) is 2.52. The number of hydrogen-bond donors (Lipinski definition) is 1. The number of hydrogen-bond acceptors (Lipinski definition) is 2. The van der Waals surface area contributed by atoms with Crippen molar-refractivity contribution in [1.82, 2.24) is 10.2 Å². The summed E-state index contributed by atoms with van der Waals surface area (Å²) in [5.74, 6) is -0.0255. The largest absolute Gasteiger partial charge is 0.353 e. The summed E-state index contributed by atoms with van der Waals surface area (Å²) >= 11 is 3.47. The molecule has 1 heterocycles. The molecule has 1 aliphatic rings. The molecule has 22 heavy (non-hydrogen) atoms. The summed E-state index contributed by atoms with van der Waals surface area (Å²) < 4.78 is 0.998. The van der Waals surface area contributed by atoms with Gasteiger partial charge in [-0.25, -0.2) is 0 Å². The SMILES string of the molecule is C[C@H]1CCCCN1CCCNC(=O)/C=C/c1ccccc1Br. The summed E-state index contributed by atoms with van der Waals surface area (Å²) in [7, 11) is 0. The molecule has 0 radical (unpaired) electrons. The Morgan fingerprint density at radius 2 is 2.23 bits per heavy atom. The molecule has 3 nitrogen and oxygen atoms in total. The monoisotopic (exact) mass is 364 g/mol. The maximum atomic E-state index is 11.8. The number of likely N-dealkylation sites (tertiary alicyclic amines) is 1. The maximum Gasteiger partial charge on any atom is 0.244 e. The van der Waals surface area contributed by atoms with Gasteiger partial charge < -0.3 is 10.2 Å². The lowest BCUT2D eigenvalue weighted by atomic mass is 10.0. The zero-order valence-electron chi connectivity index (χ0n) is 13.2. The van der Waals surface area contributed by atoms with E-state index in [0.29, 0.717) is 6.04 Å². The standard InChI is InChI=1S/C18H25BrN2O/c1-15-7-4-5-13-21(15)14-6-12-20-18(22)11-10-16-8-2-3-9-17(16)19/h2-3,8-11,15H,4-7,12-14H2,1H3,(H,20,22)/b11-10+/t15-/m0/s1. The first kappa shape index (κ1) is 17.2. The van der Waals surface area contributed by atoms with Crippen LogP contribution in [0.15, 0.2) is 34.8 Å². The molecule has 1 fully saturated rings. The van der Waals surface area contributed by atoms with E-state index in [9.17, 15) is 4.79 Å². The average molecular weight is 365 g/mol. The van der Waals surface area contributed by atoms with E-state index in [1.807, 2.05) is 30.3 Å². The fraction of sp³-hybridized carbons (Fsp3) is 0.500. The zero-order chi connectivity index (χ0) is 15.8. The van der Waals surface area contributed by atoms with Crippen molar-refractivity contribution in [2.45, 2.75) is 38.6 Å². The van der Waals surface area contributed by atoms with Crippen molar-refractivity contribution in [2.75, 3.05) is 19.6 Å². The Morgan fingerprint density at radius 1 is 1.41 bits per heavy atom. The van der Waals surface area contributed by atoms with Gasteiger partial charge in [0.15, 0.2) is 0 Å². The van der Waals surface area contributed by atoms with E-state index in [0.717, 1.165) is 29.5 Å². The quantitative estimate of drug-likeness (QED) is 0.614. The van der Waals surface area contributed by atoms with E-state index < -0.39 is 0 Å². The predicted octanol–water partition coefficient (Wildman–Crippen LogP) is 3.84. The number of nitrogens with zero attached hydrogens (tertiary/aromatic N) is 1. The topological polar surface area (TPSA) is 32.3 Å². The van der Waals surface area contributed by atoms with Crippen LogP contribution in [0.3, 0.4) is 0 Å². The first-order chi connectivity index (χ1) is 10.7. The Balaban J connectivity index is 1.66. The van der Waals surface area contributed by atoms with E-state index in [1.165, 1.54) is 25.8 Å². The normalized spacial score (nSPS) is 19.5. The van der Waals surface area contributed by atoms with Gasteiger partial charge in [-0.2, -0.15) is 0 Å². The minimum atomic E-state index is -0.0255. The number of rotatable bonds is 6. The summed E-state index contributed by atoms with van der Waals surface area (Å²) in [5, 5.41) is 2.96. The summed E-state index contributed by atoms with van der Waals surface area (Å²) in [6, 6.07) is 8.56. The van der Waals surface area contributed by atoms with Crippen LogP contribution in [0, 0.1) is 0 Å². The van der Waals surface area contributed by atoms with Crippen molar-refractivity contribution in [3.63, 3.8) is 0 Å². The van der Waals surface area contributed by atoms with Crippen LogP contribution in [-0.2, 0) is 4.79 Å². The van der Waals surface area contributed by atoms with Crippen molar-refractivity contribution >= 4 is 27.9 Å². The number of halogens is 1. The van der Waals surface area contributed by atoms with Crippen LogP contribution in [0.5, 0.6) is 0 Å². The molecule has 0 aliphatic carbocycles. The molecule has 4 heteroatoms. The van der Waals surface area contributed by atoms with E-state index in [2.05, 4.69) is 33.1 Å². The fourth-order valence-electron chi connectivity index (χ4n) is 2.82. The molecule has 0 saturated carbocycles. The minimum Gasteiger partial charge on any atom is -0.353 e. The highest BCUT2D eigenvalue weighted by Crippen LogP contribution is 2.17. The molecule has 1 aromatic carbocycles. The van der Waals surface area contributed by atoms with Crippen LogP contribution in [0.25, 0.3) is 6.08 Å². The molecule has 1 amide bonds.